The normalized spacial score (nSPS) is 21.1. The maximum absolute atomic E-state index is 5.83. The Labute approximate surface area is 158 Å². The van der Waals surface area contributed by atoms with Gasteiger partial charge in [0.2, 0.25) is 0 Å². The van der Waals surface area contributed by atoms with Crippen molar-refractivity contribution in [3.05, 3.63) is 23.8 Å². The summed E-state index contributed by atoms with van der Waals surface area (Å²) in [4.78, 5) is 7.10. The monoisotopic (exact) mass is 371 g/mol. The molecule has 0 radical (unpaired) electrons. The van der Waals surface area contributed by atoms with Crippen molar-refractivity contribution in [3.8, 4) is 11.5 Å². The number of ether oxygens (including phenoxy) is 3. The van der Waals surface area contributed by atoms with Gasteiger partial charge in [0, 0.05) is 24.5 Å². The zero-order valence-electron chi connectivity index (χ0n) is 16.4. The van der Waals surface area contributed by atoms with Crippen molar-refractivity contribution in [1.29, 1.82) is 0 Å². The molecule has 0 saturated carbocycles. The van der Waals surface area contributed by atoms with E-state index in [4.69, 9.17) is 19.2 Å². The fourth-order valence-corrected chi connectivity index (χ4v) is 3.91. The lowest BCUT2D eigenvalue weighted by Crippen LogP contribution is -2.45. The molecule has 1 fully saturated rings. The lowest BCUT2D eigenvalue weighted by Gasteiger charge is -2.34. The van der Waals surface area contributed by atoms with Gasteiger partial charge in [-0.15, -0.1) is 10.2 Å². The lowest BCUT2D eigenvalue weighted by atomic mass is 10.2. The van der Waals surface area contributed by atoms with Gasteiger partial charge in [0.05, 0.1) is 38.5 Å². The number of rotatable bonds is 4. The van der Waals surface area contributed by atoms with Crippen LogP contribution in [0.2, 0.25) is 0 Å². The van der Waals surface area contributed by atoms with Crippen LogP contribution in [-0.2, 0) is 11.3 Å². The molecule has 0 unspecified atom stereocenters. The molecule has 0 spiro atoms. The quantitative estimate of drug-likeness (QED) is 0.696. The first-order chi connectivity index (χ1) is 13.0. The number of benzene rings is 1. The predicted octanol–water partition coefficient (Wildman–Crippen LogP) is 2.21. The van der Waals surface area contributed by atoms with Crippen molar-refractivity contribution >= 4 is 16.6 Å². The Morgan fingerprint density at radius 2 is 1.74 bits per heavy atom. The Morgan fingerprint density at radius 3 is 2.41 bits per heavy atom. The molecule has 4 rings (SSSR count). The highest BCUT2D eigenvalue weighted by molar-refractivity contribution is 5.93. The number of hydrogen-bond acceptors (Lipinski definition) is 7. The Hall–Kier alpha value is -2.45. The maximum Gasteiger partial charge on any atom is 0.171 e. The topological polar surface area (TPSA) is 74.0 Å². The molecule has 2 aromatic heterocycles. The van der Waals surface area contributed by atoms with E-state index in [1.54, 1.807) is 14.2 Å². The largest absolute Gasteiger partial charge is 0.493 e. The molecule has 144 valence electrons. The van der Waals surface area contributed by atoms with Crippen LogP contribution in [0.1, 0.15) is 25.5 Å². The summed E-state index contributed by atoms with van der Waals surface area (Å²) in [6, 6.07) is 3.79. The SMILES string of the molecule is COc1cc2nc(C)n3c(CN4C[C@H](C)O[C@@H](C)C4)nnc3c2cc1OC. The number of fused-ring (bicyclic) bond motifs is 3. The van der Waals surface area contributed by atoms with E-state index in [-0.39, 0.29) is 12.2 Å². The van der Waals surface area contributed by atoms with Gasteiger partial charge in [0.15, 0.2) is 23.0 Å². The third kappa shape index (κ3) is 3.19. The van der Waals surface area contributed by atoms with Crippen LogP contribution in [0.5, 0.6) is 11.5 Å². The summed E-state index contributed by atoms with van der Waals surface area (Å²) >= 11 is 0. The Morgan fingerprint density at radius 1 is 1.07 bits per heavy atom. The fraction of sp³-hybridized carbons (Fsp3) is 0.526. The molecular formula is C19H25N5O3. The molecule has 0 N–H and O–H groups in total. The van der Waals surface area contributed by atoms with E-state index >= 15 is 0 Å². The molecule has 3 aromatic rings. The first kappa shape index (κ1) is 17.9. The second-order valence-electron chi connectivity index (χ2n) is 7.11. The molecular weight excluding hydrogens is 346 g/mol. The van der Waals surface area contributed by atoms with Crippen LogP contribution in [0.4, 0.5) is 0 Å². The van der Waals surface area contributed by atoms with Crippen molar-refractivity contribution in [2.75, 3.05) is 27.3 Å². The van der Waals surface area contributed by atoms with Crippen molar-refractivity contribution in [1.82, 2.24) is 24.5 Å². The molecule has 8 heteroatoms. The molecule has 2 atom stereocenters. The summed E-state index contributed by atoms with van der Waals surface area (Å²) in [7, 11) is 3.24. The van der Waals surface area contributed by atoms with E-state index < -0.39 is 0 Å². The van der Waals surface area contributed by atoms with Gasteiger partial charge in [0.1, 0.15) is 5.82 Å². The molecule has 0 bridgehead atoms. The third-order valence-corrected chi connectivity index (χ3v) is 4.94. The second kappa shape index (κ2) is 6.94. The highest BCUT2D eigenvalue weighted by atomic mass is 16.5. The first-order valence-corrected chi connectivity index (χ1v) is 9.14. The molecule has 1 saturated heterocycles. The number of nitrogens with zero attached hydrogens (tertiary/aromatic N) is 5. The summed E-state index contributed by atoms with van der Waals surface area (Å²) in [6.45, 7) is 8.64. The Bertz CT molecular complexity index is 977. The van der Waals surface area contributed by atoms with Crippen LogP contribution in [0.15, 0.2) is 12.1 Å². The number of aryl methyl sites for hydroxylation is 1. The van der Waals surface area contributed by atoms with Crippen LogP contribution in [0, 0.1) is 6.92 Å². The highest BCUT2D eigenvalue weighted by Crippen LogP contribution is 2.33. The zero-order chi connectivity index (χ0) is 19.1. The van der Waals surface area contributed by atoms with E-state index in [9.17, 15) is 0 Å². The molecule has 1 aliphatic rings. The predicted molar refractivity (Wildman–Crippen MR) is 101 cm³/mol. The number of methoxy groups -OCH3 is 2. The fourth-order valence-electron chi connectivity index (χ4n) is 3.91. The van der Waals surface area contributed by atoms with E-state index in [0.717, 1.165) is 41.3 Å². The van der Waals surface area contributed by atoms with Crippen molar-refractivity contribution < 1.29 is 14.2 Å². The Kier molecular flexibility index (Phi) is 4.61. The minimum Gasteiger partial charge on any atom is -0.493 e. The van der Waals surface area contributed by atoms with Crippen LogP contribution >= 0.6 is 0 Å². The van der Waals surface area contributed by atoms with Gasteiger partial charge in [-0.3, -0.25) is 9.30 Å². The van der Waals surface area contributed by atoms with Gasteiger partial charge in [-0.2, -0.15) is 0 Å². The minimum absolute atomic E-state index is 0.213. The van der Waals surface area contributed by atoms with Crippen LogP contribution in [0.3, 0.4) is 0 Å². The lowest BCUT2D eigenvalue weighted by molar-refractivity contribution is -0.0711. The second-order valence-corrected chi connectivity index (χ2v) is 7.11. The molecule has 0 aliphatic carbocycles. The maximum atomic E-state index is 5.83. The summed E-state index contributed by atoms with van der Waals surface area (Å²) < 4.78 is 18.7. The number of morpholine rings is 1. The van der Waals surface area contributed by atoms with Crippen molar-refractivity contribution in [2.45, 2.75) is 39.5 Å². The van der Waals surface area contributed by atoms with Gasteiger partial charge in [-0.1, -0.05) is 0 Å². The van der Waals surface area contributed by atoms with Gasteiger partial charge >= 0.3 is 0 Å². The minimum atomic E-state index is 0.213. The highest BCUT2D eigenvalue weighted by Gasteiger charge is 2.24. The zero-order valence-corrected chi connectivity index (χ0v) is 16.4. The van der Waals surface area contributed by atoms with Crippen LogP contribution in [0.25, 0.3) is 16.6 Å². The Balaban J connectivity index is 1.79. The third-order valence-electron chi connectivity index (χ3n) is 4.94. The first-order valence-electron chi connectivity index (χ1n) is 9.14. The van der Waals surface area contributed by atoms with Crippen LogP contribution < -0.4 is 9.47 Å². The van der Waals surface area contributed by atoms with Gasteiger partial charge in [-0.05, 0) is 26.8 Å². The average Bonchev–Trinajstić information content (AvgIpc) is 3.04. The molecule has 27 heavy (non-hydrogen) atoms. The van der Waals surface area contributed by atoms with E-state index in [1.807, 2.05) is 23.5 Å². The van der Waals surface area contributed by atoms with Crippen molar-refractivity contribution in [2.24, 2.45) is 0 Å². The molecule has 0 amide bonds. The number of hydrogen-bond donors (Lipinski definition) is 0. The van der Waals surface area contributed by atoms with E-state index in [1.165, 1.54) is 0 Å². The van der Waals surface area contributed by atoms with E-state index in [0.29, 0.717) is 18.0 Å². The smallest absolute Gasteiger partial charge is 0.171 e. The van der Waals surface area contributed by atoms with E-state index in [2.05, 4.69) is 28.9 Å². The summed E-state index contributed by atoms with van der Waals surface area (Å²) in [5, 5.41) is 9.82. The molecule has 1 aliphatic heterocycles. The standard InChI is InChI=1S/C19H25N5O3/c1-11-8-23(9-12(2)27-11)10-18-21-22-19-14-6-16(25-4)17(26-5)7-15(14)20-13(3)24(18)19/h6-7,11-12H,8-10H2,1-5H3/t11-,12-/m0/s1. The van der Waals surface area contributed by atoms with Crippen LogP contribution in [-0.4, -0.2) is 64.0 Å². The molecule has 1 aromatic carbocycles. The molecule has 8 nitrogen and oxygen atoms in total. The van der Waals surface area contributed by atoms with Crippen molar-refractivity contribution in [3.63, 3.8) is 0 Å². The van der Waals surface area contributed by atoms with Gasteiger partial charge in [0.25, 0.3) is 0 Å². The summed E-state index contributed by atoms with van der Waals surface area (Å²) in [6.07, 6.45) is 0.425. The average molecular weight is 371 g/mol. The summed E-state index contributed by atoms with van der Waals surface area (Å²) in [5.74, 6) is 3.03. The number of aromatic nitrogens is 4. The van der Waals surface area contributed by atoms with Gasteiger partial charge in [-0.25, -0.2) is 4.98 Å². The summed E-state index contributed by atoms with van der Waals surface area (Å²) in [5.41, 5.74) is 1.59. The molecule has 3 heterocycles. The van der Waals surface area contributed by atoms with Gasteiger partial charge < -0.3 is 14.2 Å².